The van der Waals surface area contributed by atoms with Crippen molar-refractivity contribution in [1.82, 2.24) is 4.90 Å². The van der Waals surface area contributed by atoms with Crippen molar-refractivity contribution >= 4 is 15.9 Å². The van der Waals surface area contributed by atoms with Crippen LogP contribution in [0.5, 0.6) is 0 Å². The predicted molar refractivity (Wildman–Crippen MR) is 72.2 cm³/mol. The van der Waals surface area contributed by atoms with E-state index in [4.69, 9.17) is 5.14 Å². The van der Waals surface area contributed by atoms with Crippen LogP contribution in [0.1, 0.15) is 35.7 Å². The summed E-state index contributed by atoms with van der Waals surface area (Å²) < 4.78 is 36.5. The number of carbonyl (C=O) groups is 1. The fourth-order valence-corrected chi connectivity index (χ4v) is 3.37. The van der Waals surface area contributed by atoms with Gasteiger partial charge in [-0.15, -0.1) is 0 Å². The Hall–Kier alpha value is -1.47. The van der Waals surface area contributed by atoms with E-state index >= 15 is 0 Å². The summed E-state index contributed by atoms with van der Waals surface area (Å²) in [6, 6.07) is 1.98. The molecule has 1 heterocycles. The first kappa shape index (κ1) is 14.9. The number of rotatable bonds is 2. The third kappa shape index (κ3) is 2.69. The summed E-state index contributed by atoms with van der Waals surface area (Å²) in [5.74, 6) is -1.13. The number of likely N-dealkylation sites (tertiary alicyclic amines) is 1. The van der Waals surface area contributed by atoms with Crippen molar-refractivity contribution < 1.29 is 17.6 Å². The zero-order valence-electron chi connectivity index (χ0n) is 11.4. The van der Waals surface area contributed by atoms with Crippen LogP contribution in [0.4, 0.5) is 4.39 Å². The first-order chi connectivity index (χ1) is 9.21. The molecule has 2 rings (SSSR count). The number of halogens is 1. The highest BCUT2D eigenvalue weighted by molar-refractivity contribution is 7.89. The Bertz CT molecular complexity index is 658. The van der Waals surface area contributed by atoms with Crippen LogP contribution in [0.2, 0.25) is 0 Å². The van der Waals surface area contributed by atoms with Crippen molar-refractivity contribution in [2.24, 2.45) is 5.14 Å². The third-order valence-corrected chi connectivity index (χ3v) is 4.71. The highest BCUT2D eigenvalue weighted by Crippen LogP contribution is 2.25. The van der Waals surface area contributed by atoms with Crippen LogP contribution in [0.25, 0.3) is 0 Å². The lowest BCUT2D eigenvalue weighted by molar-refractivity contribution is 0.0746. The number of hydrogen-bond acceptors (Lipinski definition) is 3. The van der Waals surface area contributed by atoms with E-state index in [1.807, 2.05) is 6.92 Å². The Morgan fingerprint density at radius 2 is 2.10 bits per heavy atom. The Labute approximate surface area is 117 Å². The maximum absolute atomic E-state index is 13.6. The second-order valence-electron chi connectivity index (χ2n) is 5.11. The highest BCUT2D eigenvalue weighted by atomic mass is 32.2. The molecule has 7 heteroatoms. The molecule has 0 spiro atoms. The Balaban J connectivity index is 2.52. The standard InChI is InChI=1S/C13H17FN2O3S/c1-8-4-3-5-16(8)13(17)11-6-10(14)7-12(9(11)2)20(15,18)19/h6-8H,3-5H2,1-2H3,(H2,15,18,19). The highest BCUT2D eigenvalue weighted by Gasteiger charge is 2.29. The quantitative estimate of drug-likeness (QED) is 0.896. The number of nitrogens with two attached hydrogens (primary N) is 1. The number of benzene rings is 1. The maximum atomic E-state index is 13.6. The number of amides is 1. The third-order valence-electron chi connectivity index (χ3n) is 3.68. The molecule has 1 atom stereocenters. The van der Waals surface area contributed by atoms with Crippen molar-refractivity contribution in [2.75, 3.05) is 6.54 Å². The van der Waals surface area contributed by atoms with Gasteiger partial charge in [0.1, 0.15) is 5.82 Å². The molecule has 2 N–H and O–H groups in total. The minimum absolute atomic E-state index is 0.0581. The van der Waals surface area contributed by atoms with Gasteiger partial charge in [0.25, 0.3) is 5.91 Å². The molecule has 110 valence electrons. The lowest BCUT2D eigenvalue weighted by Crippen LogP contribution is -2.34. The van der Waals surface area contributed by atoms with Gasteiger partial charge in [-0.05, 0) is 44.4 Å². The van der Waals surface area contributed by atoms with Gasteiger partial charge in [-0.1, -0.05) is 0 Å². The molecule has 1 aromatic carbocycles. The van der Waals surface area contributed by atoms with Gasteiger partial charge in [0, 0.05) is 18.2 Å². The first-order valence-electron chi connectivity index (χ1n) is 6.35. The molecular weight excluding hydrogens is 283 g/mol. The number of sulfonamides is 1. The lowest BCUT2D eigenvalue weighted by Gasteiger charge is -2.23. The van der Waals surface area contributed by atoms with Crippen molar-refractivity contribution in [3.05, 3.63) is 29.1 Å². The molecule has 1 aliphatic heterocycles. The molecule has 20 heavy (non-hydrogen) atoms. The van der Waals surface area contributed by atoms with Gasteiger partial charge in [0.05, 0.1) is 4.90 Å². The molecule has 0 bridgehead atoms. The number of primary sulfonamides is 1. The van der Waals surface area contributed by atoms with E-state index in [1.54, 1.807) is 4.90 Å². The van der Waals surface area contributed by atoms with Gasteiger partial charge >= 0.3 is 0 Å². The van der Waals surface area contributed by atoms with E-state index in [1.165, 1.54) is 6.92 Å². The molecule has 1 amide bonds. The van der Waals surface area contributed by atoms with E-state index in [-0.39, 0.29) is 28.0 Å². The molecular formula is C13H17FN2O3S. The van der Waals surface area contributed by atoms with E-state index < -0.39 is 15.8 Å². The molecule has 1 aliphatic rings. The lowest BCUT2D eigenvalue weighted by atomic mass is 10.1. The number of nitrogens with zero attached hydrogens (tertiary/aromatic N) is 1. The molecule has 1 fully saturated rings. The molecule has 1 unspecified atom stereocenters. The second kappa shape index (κ2) is 5.14. The summed E-state index contributed by atoms with van der Waals surface area (Å²) in [6.45, 7) is 3.98. The zero-order valence-corrected chi connectivity index (χ0v) is 12.2. The average molecular weight is 300 g/mol. The molecule has 0 aromatic heterocycles. The van der Waals surface area contributed by atoms with Gasteiger partial charge in [0.15, 0.2) is 0 Å². The summed E-state index contributed by atoms with van der Waals surface area (Å²) in [6.07, 6.45) is 1.78. The van der Waals surface area contributed by atoms with Crippen molar-refractivity contribution in [3.8, 4) is 0 Å². The van der Waals surface area contributed by atoms with E-state index in [2.05, 4.69) is 0 Å². The van der Waals surface area contributed by atoms with Crippen LogP contribution < -0.4 is 5.14 Å². The fourth-order valence-electron chi connectivity index (χ4n) is 2.56. The maximum Gasteiger partial charge on any atom is 0.254 e. The molecule has 5 nitrogen and oxygen atoms in total. The molecule has 0 saturated carbocycles. The van der Waals surface area contributed by atoms with Crippen LogP contribution in [0.3, 0.4) is 0 Å². The minimum atomic E-state index is -4.06. The van der Waals surface area contributed by atoms with E-state index in [0.29, 0.717) is 6.54 Å². The summed E-state index contributed by atoms with van der Waals surface area (Å²) in [5, 5.41) is 5.06. The van der Waals surface area contributed by atoms with Crippen LogP contribution in [0.15, 0.2) is 17.0 Å². The molecule has 1 aromatic rings. The Kier molecular flexibility index (Phi) is 3.84. The van der Waals surface area contributed by atoms with Gasteiger partial charge < -0.3 is 4.90 Å². The first-order valence-corrected chi connectivity index (χ1v) is 7.90. The summed E-state index contributed by atoms with van der Waals surface area (Å²) in [7, 11) is -4.06. The van der Waals surface area contributed by atoms with Crippen molar-refractivity contribution in [2.45, 2.75) is 37.6 Å². The SMILES string of the molecule is Cc1c(C(=O)N2CCCC2C)cc(F)cc1S(N)(=O)=O. The summed E-state index contributed by atoms with van der Waals surface area (Å²) >= 11 is 0. The zero-order chi connectivity index (χ0) is 15.1. The van der Waals surface area contributed by atoms with Crippen LogP contribution in [-0.2, 0) is 10.0 Å². The van der Waals surface area contributed by atoms with Crippen LogP contribution in [-0.4, -0.2) is 31.8 Å². The fraction of sp³-hybridized carbons (Fsp3) is 0.462. The second-order valence-corrected chi connectivity index (χ2v) is 6.64. The van der Waals surface area contributed by atoms with Crippen LogP contribution in [0, 0.1) is 12.7 Å². The normalized spacial score (nSPS) is 19.4. The largest absolute Gasteiger partial charge is 0.336 e. The monoisotopic (exact) mass is 300 g/mol. The summed E-state index contributed by atoms with van der Waals surface area (Å²) in [4.78, 5) is 13.7. The Morgan fingerprint density at radius 3 is 2.60 bits per heavy atom. The molecule has 0 aliphatic carbocycles. The molecule has 0 radical (unpaired) electrons. The number of carbonyl (C=O) groups excluding carboxylic acids is 1. The smallest absolute Gasteiger partial charge is 0.254 e. The average Bonchev–Trinajstić information content (AvgIpc) is 2.75. The predicted octanol–water partition coefficient (Wildman–Crippen LogP) is 1.41. The van der Waals surface area contributed by atoms with E-state index in [0.717, 1.165) is 25.0 Å². The van der Waals surface area contributed by atoms with Gasteiger partial charge in [-0.25, -0.2) is 17.9 Å². The van der Waals surface area contributed by atoms with Gasteiger partial charge in [-0.2, -0.15) is 0 Å². The van der Waals surface area contributed by atoms with Gasteiger partial charge in [-0.3, -0.25) is 4.79 Å². The minimum Gasteiger partial charge on any atom is -0.336 e. The van der Waals surface area contributed by atoms with Crippen molar-refractivity contribution in [1.29, 1.82) is 0 Å². The molecule has 1 saturated heterocycles. The van der Waals surface area contributed by atoms with Crippen LogP contribution >= 0.6 is 0 Å². The summed E-state index contributed by atoms with van der Waals surface area (Å²) in [5.41, 5.74) is 0.251. The Morgan fingerprint density at radius 1 is 1.45 bits per heavy atom. The number of hydrogen-bond donors (Lipinski definition) is 1. The van der Waals surface area contributed by atoms with Crippen molar-refractivity contribution in [3.63, 3.8) is 0 Å². The van der Waals surface area contributed by atoms with Gasteiger partial charge in [0.2, 0.25) is 10.0 Å². The topological polar surface area (TPSA) is 80.5 Å². The van der Waals surface area contributed by atoms with E-state index in [9.17, 15) is 17.6 Å².